The Morgan fingerprint density at radius 1 is 1.28 bits per heavy atom. The minimum absolute atomic E-state index is 0.509. The van der Waals surface area contributed by atoms with Gasteiger partial charge in [-0.1, -0.05) is 13.3 Å². The van der Waals surface area contributed by atoms with Crippen LogP contribution in [-0.4, -0.2) is 34.1 Å². The van der Waals surface area contributed by atoms with Crippen molar-refractivity contribution in [3.63, 3.8) is 0 Å². The minimum Gasteiger partial charge on any atom is -0.480 e. The Balaban J connectivity index is 2.04. The molecule has 0 aromatic heterocycles. The third-order valence-corrected chi connectivity index (χ3v) is 5.24. The van der Waals surface area contributed by atoms with Crippen LogP contribution in [0, 0.1) is 5.92 Å². The van der Waals surface area contributed by atoms with Crippen molar-refractivity contribution in [2.45, 2.75) is 76.8 Å². The van der Waals surface area contributed by atoms with Crippen LogP contribution in [0.5, 0.6) is 0 Å². The van der Waals surface area contributed by atoms with Crippen LogP contribution in [0.4, 0.5) is 0 Å². The van der Waals surface area contributed by atoms with Gasteiger partial charge in [0.25, 0.3) is 0 Å². The first kappa shape index (κ1) is 13.9. The molecule has 18 heavy (non-hydrogen) atoms. The lowest BCUT2D eigenvalue weighted by molar-refractivity contribution is -0.156. The summed E-state index contributed by atoms with van der Waals surface area (Å²) in [6.45, 7) is 5.18. The maximum atomic E-state index is 11.6. The second kappa shape index (κ2) is 5.60. The van der Waals surface area contributed by atoms with E-state index < -0.39 is 11.5 Å². The molecule has 0 bridgehead atoms. The summed E-state index contributed by atoms with van der Waals surface area (Å²) in [7, 11) is 0. The minimum atomic E-state index is -0.625. The summed E-state index contributed by atoms with van der Waals surface area (Å²) < 4.78 is 0. The molecule has 1 atom stereocenters. The lowest BCUT2D eigenvalue weighted by Crippen LogP contribution is -2.59. The van der Waals surface area contributed by atoms with Gasteiger partial charge in [-0.3, -0.25) is 9.69 Å². The number of rotatable bonds is 3. The molecule has 1 saturated heterocycles. The van der Waals surface area contributed by atoms with Crippen molar-refractivity contribution in [1.82, 2.24) is 4.90 Å². The number of hydrogen-bond donors (Lipinski definition) is 1. The van der Waals surface area contributed by atoms with Gasteiger partial charge in [0.15, 0.2) is 0 Å². The van der Waals surface area contributed by atoms with Crippen molar-refractivity contribution in [1.29, 1.82) is 0 Å². The number of piperidine rings is 1. The molecule has 1 unspecified atom stereocenters. The van der Waals surface area contributed by atoms with Crippen LogP contribution < -0.4 is 0 Å². The molecule has 3 nitrogen and oxygen atoms in total. The molecule has 1 aliphatic heterocycles. The summed E-state index contributed by atoms with van der Waals surface area (Å²) in [6, 6.07) is 0.509. The van der Waals surface area contributed by atoms with Gasteiger partial charge >= 0.3 is 5.97 Å². The van der Waals surface area contributed by atoms with E-state index >= 15 is 0 Å². The molecule has 2 aliphatic rings. The normalized spacial score (nSPS) is 38.6. The maximum absolute atomic E-state index is 11.6. The smallest absolute Gasteiger partial charge is 0.323 e. The van der Waals surface area contributed by atoms with Crippen LogP contribution in [0.3, 0.4) is 0 Å². The van der Waals surface area contributed by atoms with E-state index in [0.29, 0.717) is 6.04 Å². The Hall–Kier alpha value is -0.570. The van der Waals surface area contributed by atoms with Gasteiger partial charge in [-0.2, -0.15) is 0 Å². The number of aliphatic carboxylic acids is 1. The molecule has 0 amide bonds. The van der Waals surface area contributed by atoms with E-state index in [4.69, 9.17) is 0 Å². The van der Waals surface area contributed by atoms with Crippen molar-refractivity contribution < 1.29 is 9.90 Å². The SMILES string of the molecule is CCC1CCC(N2CCCCC2(C)C(=O)O)CC1. The molecule has 1 heterocycles. The number of nitrogens with zero attached hydrogens (tertiary/aromatic N) is 1. The zero-order valence-corrected chi connectivity index (χ0v) is 11.8. The number of carboxylic acids is 1. The average molecular weight is 253 g/mol. The van der Waals surface area contributed by atoms with Crippen LogP contribution in [0.25, 0.3) is 0 Å². The number of likely N-dealkylation sites (tertiary alicyclic amines) is 1. The molecule has 2 fully saturated rings. The lowest BCUT2D eigenvalue weighted by atomic mass is 9.79. The maximum Gasteiger partial charge on any atom is 0.323 e. The van der Waals surface area contributed by atoms with E-state index in [9.17, 15) is 9.90 Å². The predicted octanol–water partition coefficient (Wildman–Crippen LogP) is 3.28. The van der Waals surface area contributed by atoms with Crippen LogP contribution >= 0.6 is 0 Å². The molecule has 2 rings (SSSR count). The summed E-state index contributed by atoms with van der Waals surface area (Å²) in [6.07, 6.45) is 9.28. The Morgan fingerprint density at radius 2 is 1.94 bits per heavy atom. The zero-order valence-electron chi connectivity index (χ0n) is 11.8. The average Bonchev–Trinajstić information content (AvgIpc) is 2.39. The van der Waals surface area contributed by atoms with Crippen molar-refractivity contribution >= 4 is 5.97 Å². The standard InChI is InChI=1S/C15H27NO2/c1-3-12-6-8-13(9-7-12)16-11-5-4-10-15(16,2)14(17)18/h12-13H,3-11H2,1-2H3,(H,17,18). The van der Waals surface area contributed by atoms with Crippen molar-refractivity contribution in [3.05, 3.63) is 0 Å². The molecule has 0 radical (unpaired) electrons. The Labute approximate surface area is 111 Å². The van der Waals surface area contributed by atoms with Crippen molar-refractivity contribution in [2.75, 3.05) is 6.54 Å². The molecule has 0 aromatic carbocycles. The van der Waals surface area contributed by atoms with E-state index in [1.54, 1.807) is 0 Å². The molecule has 1 saturated carbocycles. The van der Waals surface area contributed by atoms with Crippen LogP contribution in [0.1, 0.15) is 65.2 Å². The Bertz CT molecular complexity index is 297. The Morgan fingerprint density at radius 3 is 2.50 bits per heavy atom. The first-order valence-corrected chi connectivity index (χ1v) is 7.58. The van der Waals surface area contributed by atoms with Gasteiger partial charge < -0.3 is 5.11 Å². The van der Waals surface area contributed by atoms with Gasteiger partial charge in [0, 0.05) is 6.04 Å². The quantitative estimate of drug-likeness (QED) is 0.839. The van der Waals surface area contributed by atoms with Gasteiger partial charge in [0.2, 0.25) is 0 Å². The summed E-state index contributed by atoms with van der Waals surface area (Å²) in [5.41, 5.74) is -0.609. The molecule has 0 aromatic rings. The highest BCUT2D eigenvalue weighted by atomic mass is 16.4. The summed E-state index contributed by atoms with van der Waals surface area (Å²) >= 11 is 0. The first-order chi connectivity index (χ1) is 8.58. The fourth-order valence-corrected chi connectivity index (χ4v) is 3.82. The number of carbonyl (C=O) groups is 1. The first-order valence-electron chi connectivity index (χ1n) is 7.58. The van der Waals surface area contributed by atoms with Crippen LogP contribution in [0.15, 0.2) is 0 Å². The van der Waals surface area contributed by atoms with E-state index in [0.717, 1.165) is 31.7 Å². The van der Waals surface area contributed by atoms with E-state index in [2.05, 4.69) is 11.8 Å². The van der Waals surface area contributed by atoms with Gasteiger partial charge in [-0.25, -0.2) is 0 Å². The summed E-state index contributed by atoms with van der Waals surface area (Å²) in [5, 5.41) is 9.56. The summed E-state index contributed by atoms with van der Waals surface area (Å²) in [5.74, 6) is 0.252. The third kappa shape index (κ3) is 2.56. The molecule has 1 aliphatic carbocycles. The van der Waals surface area contributed by atoms with Crippen molar-refractivity contribution in [3.8, 4) is 0 Å². The largest absolute Gasteiger partial charge is 0.480 e. The fourth-order valence-electron chi connectivity index (χ4n) is 3.82. The fraction of sp³-hybridized carbons (Fsp3) is 0.933. The van der Waals surface area contributed by atoms with Crippen LogP contribution in [-0.2, 0) is 4.79 Å². The van der Waals surface area contributed by atoms with E-state index in [1.165, 1.54) is 32.1 Å². The van der Waals surface area contributed by atoms with Gasteiger partial charge in [-0.05, 0) is 64.3 Å². The molecule has 3 heteroatoms. The second-order valence-corrected chi connectivity index (χ2v) is 6.31. The van der Waals surface area contributed by atoms with Crippen LogP contribution in [0.2, 0.25) is 0 Å². The monoisotopic (exact) mass is 253 g/mol. The zero-order chi connectivity index (χ0) is 13.2. The highest BCUT2D eigenvalue weighted by molar-refractivity contribution is 5.78. The van der Waals surface area contributed by atoms with E-state index in [-0.39, 0.29) is 0 Å². The molecule has 1 N–H and O–H groups in total. The van der Waals surface area contributed by atoms with Gasteiger partial charge in [-0.15, -0.1) is 0 Å². The topological polar surface area (TPSA) is 40.5 Å². The Kier molecular flexibility index (Phi) is 4.31. The highest BCUT2D eigenvalue weighted by Gasteiger charge is 2.44. The van der Waals surface area contributed by atoms with Crippen molar-refractivity contribution in [2.24, 2.45) is 5.92 Å². The second-order valence-electron chi connectivity index (χ2n) is 6.31. The molecule has 0 spiro atoms. The molecular formula is C15H27NO2. The number of hydrogen-bond acceptors (Lipinski definition) is 2. The van der Waals surface area contributed by atoms with E-state index in [1.807, 2.05) is 6.92 Å². The highest BCUT2D eigenvalue weighted by Crippen LogP contribution is 2.37. The molecule has 104 valence electrons. The lowest BCUT2D eigenvalue weighted by Gasteiger charge is -2.48. The number of carboxylic acid groups (broad SMARTS) is 1. The van der Waals surface area contributed by atoms with Gasteiger partial charge in [0.1, 0.15) is 5.54 Å². The van der Waals surface area contributed by atoms with Gasteiger partial charge in [0.05, 0.1) is 0 Å². The third-order valence-electron chi connectivity index (χ3n) is 5.24. The molecular weight excluding hydrogens is 226 g/mol. The summed E-state index contributed by atoms with van der Waals surface area (Å²) in [4.78, 5) is 13.9. The predicted molar refractivity (Wildman–Crippen MR) is 72.6 cm³/mol.